The first kappa shape index (κ1) is 15.1. The summed E-state index contributed by atoms with van der Waals surface area (Å²) in [4.78, 5) is 27.9. The molecule has 0 aromatic carbocycles. The summed E-state index contributed by atoms with van der Waals surface area (Å²) in [6, 6.07) is -0.0614. The molecule has 0 aliphatic carbocycles. The second-order valence-electron chi connectivity index (χ2n) is 5.98. The van der Waals surface area contributed by atoms with Crippen LogP contribution in [-0.2, 0) is 4.79 Å². The first-order chi connectivity index (χ1) is 9.62. The quantitative estimate of drug-likeness (QED) is 0.847. The van der Waals surface area contributed by atoms with Crippen molar-refractivity contribution in [2.45, 2.75) is 63.8 Å². The van der Waals surface area contributed by atoms with E-state index in [0.29, 0.717) is 19.4 Å². The average molecular weight is 282 g/mol. The maximum absolute atomic E-state index is 12.7. The van der Waals surface area contributed by atoms with Gasteiger partial charge in [-0.15, -0.1) is 0 Å². The van der Waals surface area contributed by atoms with Crippen LogP contribution in [0.25, 0.3) is 0 Å². The Balaban J connectivity index is 2.11. The molecule has 20 heavy (non-hydrogen) atoms. The van der Waals surface area contributed by atoms with Gasteiger partial charge < -0.3 is 14.9 Å². The molecule has 2 heterocycles. The van der Waals surface area contributed by atoms with E-state index in [1.54, 1.807) is 4.90 Å². The lowest BCUT2D eigenvalue weighted by atomic mass is 9.93. The molecule has 0 saturated carbocycles. The molecule has 0 aromatic heterocycles. The third-order valence-electron chi connectivity index (χ3n) is 4.83. The van der Waals surface area contributed by atoms with Crippen LogP contribution >= 0.6 is 0 Å². The Bertz CT molecular complexity index is 364. The normalized spacial score (nSPS) is 28.1. The van der Waals surface area contributed by atoms with Gasteiger partial charge in [-0.2, -0.15) is 0 Å². The number of carbonyl (C=O) groups is 2. The number of likely N-dealkylation sites (tertiary alicyclic amines) is 2. The molecule has 1 N–H and O–H groups in total. The molecule has 0 spiro atoms. The van der Waals surface area contributed by atoms with Crippen LogP contribution in [0.4, 0.5) is 4.79 Å². The van der Waals surface area contributed by atoms with Crippen LogP contribution in [0.3, 0.4) is 0 Å². The van der Waals surface area contributed by atoms with E-state index >= 15 is 0 Å². The van der Waals surface area contributed by atoms with Crippen molar-refractivity contribution in [3.63, 3.8) is 0 Å². The molecule has 2 aliphatic heterocycles. The topological polar surface area (TPSA) is 60.9 Å². The van der Waals surface area contributed by atoms with Crippen molar-refractivity contribution in [2.75, 3.05) is 19.6 Å². The summed E-state index contributed by atoms with van der Waals surface area (Å²) < 4.78 is 0. The molecule has 2 amide bonds. The second-order valence-corrected chi connectivity index (χ2v) is 5.98. The van der Waals surface area contributed by atoms with Crippen molar-refractivity contribution in [1.29, 1.82) is 0 Å². The van der Waals surface area contributed by atoms with E-state index in [9.17, 15) is 14.7 Å². The fourth-order valence-electron chi connectivity index (χ4n) is 3.51. The number of rotatable bonds is 2. The average Bonchev–Trinajstić information content (AvgIpc) is 2.82. The van der Waals surface area contributed by atoms with Crippen LogP contribution in [0.5, 0.6) is 0 Å². The Hall–Kier alpha value is -1.26. The fraction of sp³-hybridized carbons (Fsp3) is 0.867. The highest BCUT2D eigenvalue weighted by atomic mass is 16.4. The van der Waals surface area contributed by atoms with Gasteiger partial charge in [-0.05, 0) is 32.1 Å². The molecule has 0 bridgehead atoms. The Morgan fingerprint density at radius 1 is 1.00 bits per heavy atom. The highest BCUT2D eigenvalue weighted by Crippen LogP contribution is 2.34. The Morgan fingerprint density at radius 2 is 1.60 bits per heavy atom. The molecule has 2 saturated heterocycles. The summed E-state index contributed by atoms with van der Waals surface area (Å²) >= 11 is 0. The van der Waals surface area contributed by atoms with Crippen molar-refractivity contribution >= 4 is 12.0 Å². The van der Waals surface area contributed by atoms with Gasteiger partial charge >= 0.3 is 12.0 Å². The minimum Gasteiger partial charge on any atom is -0.479 e. The monoisotopic (exact) mass is 282 g/mol. The smallest absolute Gasteiger partial charge is 0.329 e. The van der Waals surface area contributed by atoms with Crippen molar-refractivity contribution in [3.8, 4) is 0 Å². The summed E-state index contributed by atoms with van der Waals surface area (Å²) in [6.45, 7) is 3.99. The third kappa shape index (κ3) is 2.76. The maximum atomic E-state index is 12.7. The molecule has 0 aromatic rings. The minimum absolute atomic E-state index is 0.0614. The zero-order valence-electron chi connectivity index (χ0n) is 12.4. The summed E-state index contributed by atoms with van der Waals surface area (Å²) in [6.07, 6.45) is 7.51. The van der Waals surface area contributed by atoms with E-state index in [0.717, 1.165) is 32.4 Å². The first-order valence-electron chi connectivity index (χ1n) is 7.92. The van der Waals surface area contributed by atoms with E-state index in [1.807, 2.05) is 11.8 Å². The fourth-order valence-corrected chi connectivity index (χ4v) is 3.51. The van der Waals surface area contributed by atoms with Gasteiger partial charge in [-0.25, -0.2) is 9.59 Å². The van der Waals surface area contributed by atoms with Crippen LogP contribution in [0.1, 0.15) is 58.3 Å². The minimum atomic E-state index is -0.973. The van der Waals surface area contributed by atoms with Crippen molar-refractivity contribution < 1.29 is 14.7 Å². The van der Waals surface area contributed by atoms with Crippen molar-refractivity contribution in [2.24, 2.45) is 0 Å². The Labute approximate surface area is 120 Å². The van der Waals surface area contributed by atoms with Crippen LogP contribution in [0.2, 0.25) is 0 Å². The number of carboxylic acid groups (broad SMARTS) is 1. The summed E-state index contributed by atoms with van der Waals surface area (Å²) in [7, 11) is 0. The zero-order chi connectivity index (χ0) is 14.6. The van der Waals surface area contributed by atoms with E-state index in [-0.39, 0.29) is 6.03 Å². The van der Waals surface area contributed by atoms with E-state index in [4.69, 9.17) is 0 Å². The molecule has 114 valence electrons. The number of amides is 2. The highest BCUT2D eigenvalue weighted by Gasteiger charge is 2.49. The lowest BCUT2D eigenvalue weighted by Crippen LogP contribution is -2.56. The van der Waals surface area contributed by atoms with E-state index < -0.39 is 11.5 Å². The van der Waals surface area contributed by atoms with E-state index in [1.165, 1.54) is 19.3 Å². The lowest BCUT2D eigenvalue weighted by molar-refractivity contribution is -0.148. The van der Waals surface area contributed by atoms with E-state index in [2.05, 4.69) is 0 Å². The summed E-state index contributed by atoms with van der Waals surface area (Å²) in [5, 5.41) is 9.57. The molecule has 5 heteroatoms. The number of hydrogen-bond donors (Lipinski definition) is 1. The van der Waals surface area contributed by atoms with Gasteiger partial charge in [0.1, 0.15) is 5.54 Å². The van der Waals surface area contributed by atoms with Gasteiger partial charge in [0.05, 0.1) is 0 Å². The number of hydrogen-bond acceptors (Lipinski definition) is 2. The Kier molecular flexibility index (Phi) is 4.89. The van der Waals surface area contributed by atoms with Crippen molar-refractivity contribution in [3.05, 3.63) is 0 Å². The predicted octanol–water partition coefficient (Wildman–Crippen LogP) is 2.70. The molecule has 1 unspecified atom stereocenters. The van der Waals surface area contributed by atoms with Gasteiger partial charge in [-0.3, -0.25) is 0 Å². The molecule has 0 radical (unpaired) electrons. The summed E-state index contributed by atoms with van der Waals surface area (Å²) in [5.74, 6) is -0.849. The lowest BCUT2D eigenvalue weighted by Gasteiger charge is -2.38. The molecule has 2 fully saturated rings. The van der Waals surface area contributed by atoms with Crippen molar-refractivity contribution in [1.82, 2.24) is 9.80 Å². The third-order valence-corrected chi connectivity index (χ3v) is 4.83. The second kappa shape index (κ2) is 6.46. The number of carbonyl (C=O) groups excluding carboxylic acids is 1. The number of carboxylic acids is 1. The Morgan fingerprint density at radius 3 is 2.15 bits per heavy atom. The predicted molar refractivity (Wildman–Crippen MR) is 76.7 cm³/mol. The first-order valence-corrected chi connectivity index (χ1v) is 7.92. The molecule has 1 atom stereocenters. The maximum Gasteiger partial charge on any atom is 0.329 e. The van der Waals surface area contributed by atoms with Gasteiger partial charge in [0.25, 0.3) is 0 Å². The van der Waals surface area contributed by atoms with Gasteiger partial charge in [0.15, 0.2) is 0 Å². The van der Waals surface area contributed by atoms with Crippen LogP contribution < -0.4 is 0 Å². The molecule has 2 rings (SSSR count). The van der Waals surface area contributed by atoms with Crippen LogP contribution in [0.15, 0.2) is 0 Å². The number of aliphatic carboxylic acids is 1. The van der Waals surface area contributed by atoms with Gasteiger partial charge in [0.2, 0.25) is 0 Å². The summed E-state index contributed by atoms with van der Waals surface area (Å²) in [5.41, 5.74) is -0.973. The number of urea groups is 1. The number of nitrogens with zero attached hydrogens (tertiary/aromatic N) is 2. The van der Waals surface area contributed by atoms with Crippen LogP contribution in [-0.4, -0.2) is 52.1 Å². The zero-order valence-corrected chi connectivity index (χ0v) is 12.4. The SMILES string of the molecule is CCC1(C(=O)O)CCCN1C(=O)N1CCCCCCC1. The molecule has 2 aliphatic rings. The largest absolute Gasteiger partial charge is 0.479 e. The molecular weight excluding hydrogens is 256 g/mol. The highest BCUT2D eigenvalue weighted by molar-refractivity contribution is 5.87. The van der Waals surface area contributed by atoms with Gasteiger partial charge in [-0.1, -0.05) is 26.2 Å². The van der Waals surface area contributed by atoms with Gasteiger partial charge in [0, 0.05) is 19.6 Å². The van der Waals surface area contributed by atoms with Crippen LogP contribution in [0, 0.1) is 0 Å². The standard InChI is InChI=1S/C15H26N2O3/c1-2-15(13(18)19)9-8-12-17(15)14(20)16-10-6-4-3-5-7-11-16/h2-12H2,1H3,(H,18,19). The molecule has 5 nitrogen and oxygen atoms in total. The molecular formula is C15H26N2O3.